The summed E-state index contributed by atoms with van der Waals surface area (Å²) in [4.78, 5) is 4.13. The number of benzene rings is 1. The van der Waals surface area contributed by atoms with Gasteiger partial charge in [-0.25, -0.2) is 0 Å². The summed E-state index contributed by atoms with van der Waals surface area (Å²) in [6.45, 7) is 2.34. The van der Waals surface area contributed by atoms with Crippen LogP contribution in [0.25, 0.3) is 0 Å². The van der Waals surface area contributed by atoms with Crippen molar-refractivity contribution in [3.8, 4) is 5.75 Å². The lowest BCUT2D eigenvalue weighted by Gasteiger charge is -2.27. The third kappa shape index (κ3) is 4.54. The number of pyridine rings is 1. The van der Waals surface area contributed by atoms with Crippen LogP contribution < -0.4 is 4.74 Å². The highest BCUT2D eigenvalue weighted by Gasteiger charge is 2.36. The van der Waals surface area contributed by atoms with Crippen molar-refractivity contribution in [2.24, 2.45) is 17.8 Å². The molecule has 1 heterocycles. The Morgan fingerprint density at radius 1 is 1.00 bits per heavy atom. The summed E-state index contributed by atoms with van der Waals surface area (Å²) in [5.74, 6) is 3.36. The first kappa shape index (κ1) is 18.5. The van der Waals surface area contributed by atoms with Crippen LogP contribution in [-0.2, 0) is 6.42 Å². The highest BCUT2D eigenvalue weighted by atomic mass is 16.5. The fraction of sp³-hybridized carbons (Fsp3) is 0.560. The Morgan fingerprint density at radius 3 is 2.59 bits per heavy atom. The molecule has 1 aromatic carbocycles. The van der Waals surface area contributed by atoms with Gasteiger partial charge in [0.25, 0.3) is 0 Å². The molecule has 144 valence electrons. The van der Waals surface area contributed by atoms with Gasteiger partial charge in [0, 0.05) is 18.3 Å². The molecule has 1 saturated carbocycles. The van der Waals surface area contributed by atoms with Crippen LogP contribution in [0.5, 0.6) is 5.75 Å². The Balaban J connectivity index is 1.50. The zero-order valence-corrected chi connectivity index (χ0v) is 16.6. The van der Waals surface area contributed by atoms with Gasteiger partial charge in [-0.3, -0.25) is 4.98 Å². The first-order valence-corrected chi connectivity index (χ1v) is 11.0. The summed E-state index contributed by atoms with van der Waals surface area (Å²) >= 11 is 0. The zero-order valence-electron chi connectivity index (χ0n) is 16.6. The molecule has 0 amide bonds. The van der Waals surface area contributed by atoms with Gasteiger partial charge in [0.15, 0.2) is 0 Å². The summed E-state index contributed by atoms with van der Waals surface area (Å²) in [6.07, 6.45) is 16.2. The predicted molar refractivity (Wildman–Crippen MR) is 111 cm³/mol. The van der Waals surface area contributed by atoms with E-state index in [0.717, 1.165) is 17.6 Å². The Morgan fingerprint density at radius 2 is 1.78 bits per heavy atom. The summed E-state index contributed by atoms with van der Waals surface area (Å²) in [7, 11) is 0. The Hall–Kier alpha value is -1.83. The second-order valence-electron chi connectivity index (χ2n) is 8.66. The second kappa shape index (κ2) is 8.91. The number of rotatable bonds is 6. The molecule has 4 atom stereocenters. The van der Waals surface area contributed by atoms with Crippen LogP contribution in [0, 0.1) is 17.8 Å². The van der Waals surface area contributed by atoms with Gasteiger partial charge in [-0.15, -0.1) is 0 Å². The molecule has 2 heteroatoms. The van der Waals surface area contributed by atoms with Crippen molar-refractivity contribution >= 4 is 0 Å². The minimum atomic E-state index is 0.191. The van der Waals surface area contributed by atoms with E-state index in [1.165, 1.54) is 68.9 Å². The number of hydrogen-bond donors (Lipinski definition) is 0. The van der Waals surface area contributed by atoms with Crippen LogP contribution in [0.1, 0.15) is 75.5 Å². The number of aromatic nitrogens is 1. The van der Waals surface area contributed by atoms with Gasteiger partial charge in [0.05, 0.1) is 0 Å². The Bertz CT molecular complexity index is 713. The molecule has 2 nitrogen and oxygen atoms in total. The van der Waals surface area contributed by atoms with E-state index in [4.69, 9.17) is 4.74 Å². The first-order valence-electron chi connectivity index (χ1n) is 11.0. The topological polar surface area (TPSA) is 22.1 Å². The lowest BCUT2D eigenvalue weighted by Crippen LogP contribution is -2.19. The van der Waals surface area contributed by atoms with Crippen molar-refractivity contribution in [1.29, 1.82) is 0 Å². The molecular weight excluding hydrogens is 330 g/mol. The van der Waals surface area contributed by atoms with Crippen LogP contribution >= 0.6 is 0 Å². The van der Waals surface area contributed by atoms with E-state index in [0.29, 0.717) is 5.92 Å². The standard InChI is InChI=1S/C25H33NO/c1-2-7-19-8-3-4-9-20(16-19)17-22-18-21-10-5-6-11-24(21)25(22)27-23-12-14-26-15-13-23/h5-6,10-15,19-20,22,25H,2-4,7-9,16-18H2,1H3. The van der Waals surface area contributed by atoms with Crippen LogP contribution in [0.3, 0.4) is 0 Å². The number of fused-ring (bicyclic) bond motifs is 1. The number of ether oxygens (including phenoxy) is 1. The molecule has 1 aromatic heterocycles. The molecule has 0 spiro atoms. The van der Waals surface area contributed by atoms with Crippen molar-refractivity contribution in [3.05, 3.63) is 59.9 Å². The third-order valence-electron chi connectivity index (χ3n) is 6.66. The van der Waals surface area contributed by atoms with E-state index in [1.54, 1.807) is 0 Å². The molecule has 0 bridgehead atoms. The van der Waals surface area contributed by atoms with E-state index in [-0.39, 0.29) is 6.10 Å². The molecule has 0 aliphatic heterocycles. The predicted octanol–water partition coefficient (Wildman–Crippen LogP) is 6.76. The van der Waals surface area contributed by atoms with Gasteiger partial charge in [-0.1, -0.05) is 69.7 Å². The van der Waals surface area contributed by atoms with Gasteiger partial charge in [-0.2, -0.15) is 0 Å². The molecule has 27 heavy (non-hydrogen) atoms. The fourth-order valence-corrected chi connectivity index (χ4v) is 5.46. The summed E-state index contributed by atoms with van der Waals surface area (Å²) in [5, 5.41) is 0. The molecule has 2 aromatic rings. The average molecular weight is 364 g/mol. The van der Waals surface area contributed by atoms with E-state index < -0.39 is 0 Å². The molecule has 2 aliphatic carbocycles. The largest absolute Gasteiger partial charge is 0.485 e. The molecular formula is C25H33NO. The Kier molecular flexibility index (Phi) is 6.11. The highest BCUT2D eigenvalue weighted by Crippen LogP contribution is 2.44. The van der Waals surface area contributed by atoms with E-state index in [9.17, 15) is 0 Å². The molecule has 0 N–H and O–H groups in total. The molecule has 2 aliphatic rings. The van der Waals surface area contributed by atoms with Crippen molar-refractivity contribution in [1.82, 2.24) is 4.98 Å². The summed E-state index contributed by atoms with van der Waals surface area (Å²) < 4.78 is 6.52. The monoisotopic (exact) mass is 363 g/mol. The van der Waals surface area contributed by atoms with Gasteiger partial charge in [0.2, 0.25) is 0 Å². The first-order chi connectivity index (χ1) is 13.3. The molecule has 0 saturated heterocycles. The lowest BCUT2D eigenvalue weighted by molar-refractivity contribution is 0.125. The minimum absolute atomic E-state index is 0.191. The lowest BCUT2D eigenvalue weighted by atomic mass is 9.82. The van der Waals surface area contributed by atoms with Crippen LogP contribution in [0.4, 0.5) is 0 Å². The maximum absolute atomic E-state index is 6.52. The third-order valence-corrected chi connectivity index (χ3v) is 6.66. The van der Waals surface area contributed by atoms with Crippen molar-refractivity contribution in [2.45, 2.75) is 70.8 Å². The minimum Gasteiger partial charge on any atom is -0.485 e. The smallest absolute Gasteiger partial charge is 0.127 e. The van der Waals surface area contributed by atoms with E-state index in [2.05, 4.69) is 36.2 Å². The van der Waals surface area contributed by atoms with Crippen molar-refractivity contribution < 1.29 is 4.74 Å². The van der Waals surface area contributed by atoms with E-state index in [1.807, 2.05) is 24.5 Å². The van der Waals surface area contributed by atoms with Crippen molar-refractivity contribution in [2.75, 3.05) is 0 Å². The van der Waals surface area contributed by atoms with Gasteiger partial charge >= 0.3 is 0 Å². The normalized spacial score (nSPS) is 27.7. The van der Waals surface area contributed by atoms with Crippen LogP contribution in [0.2, 0.25) is 0 Å². The van der Waals surface area contributed by atoms with Crippen LogP contribution in [-0.4, -0.2) is 4.98 Å². The van der Waals surface area contributed by atoms with Gasteiger partial charge < -0.3 is 4.74 Å². The average Bonchev–Trinajstić information content (AvgIpc) is 2.87. The molecule has 4 rings (SSSR count). The second-order valence-corrected chi connectivity index (χ2v) is 8.66. The SMILES string of the molecule is CCCC1CCCCC(CC2Cc3ccccc3C2Oc2ccncc2)C1. The van der Waals surface area contributed by atoms with Crippen LogP contribution in [0.15, 0.2) is 48.8 Å². The molecule has 0 radical (unpaired) electrons. The maximum Gasteiger partial charge on any atom is 0.127 e. The molecule has 1 fully saturated rings. The Labute approximate surface area is 164 Å². The maximum atomic E-state index is 6.52. The zero-order chi connectivity index (χ0) is 18.5. The molecule has 4 unspecified atom stereocenters. The summed E-state index contributed by atoms with van der Waals surface area (Å²) in [6, 6.07) is 12.9. The number of nitrogens with zero attached hydrogens (tertiary/aromatic N) is 1. The van der Waals surface area contributed by atoms with Gasteiger partial charge in [-0.05, 0) is 54.4 Å². The van der Waals surface area contributed by atoms with Gasteiger partial charge in [0.1, 0.15) is 11.9 Å². The quantitative estimate of drug-likeness (QED) is 0.529. The fourth-order valence-electron chi connectivity index (χ4n) is 5.46. The van der Waals surface area contributed by atoms with E-state index >= 15 is 0 Å². The number of hydrogen-bond acceptors (Lipinski definition) is 2. The van der Waals surface area contributed by atoms with Crippen molar-refractivity contribution in [3.63, 3.8) is 0 Å². The summed E-state index contributed by atoms with van der Waals surface area (Å²) in [5.41, 5.74) is 2.89. The highest BCUT2D eigenvalue weighted by molar-refractivity contribution is 5.36.